The predicted octanol–water partition coefficient (Wildman–Crippen LogP) is 15.5. The van der Waals surface area contributed by atoms with E-state index in [1.165, 1.54) is 0 Å². The largest absolute Gasteiger partial charge is 0.466 e. The van der Waals surface area contributed by atoms with E-state index in [9.17, 15) is 14.4 Å². The molecule has 0 fully saturated rings. The molecule has 0 aliphatic rings. The van der Waals surface area contributed by atoms with Crippen LogP contribution in [0, 0.1) is 0 Å². The van der Waals surface area contributed by atoms with Crippen LogP contribution in [-0.2, 0) is 28.5 Å². The van der Waals surface area contributed by atoms with Crippen LogP contribution in [0.25, 0.3) is 0 Å². The third kappa shape index (κ3) is 54.3. The summed E-state index contributed by atoms with van der Waals surface area (Å²) in [5.74, 6) is -0.257. The summed E-state index contributed by atoms with van der Waals surface area (Å²) < 4.78 is 22.4. The molecule has 9 heteroatoms. The highest BCUT2D eigenvalue weighted by atomic mass is 16.6. The molecule has 0 radical (unpaired) electrons. The lowest BCUT2D eigenvalue weighted by atomic mass is 10.0. The number of carbonyl (C=O) groups is 3. The zero-order valence-electron chi connectivity index (χ0n) is 44.1. The summed E-state index contributed by atoms with van der Waals surface area (Å²) in [7, 11) is 3.99. The average molecular weight is 959 g/mol. The minimum Gasteiger partial charge on any atom is -0.466 e. The minimum absolute atomic E-state index is 0.129. The number of carbonyl (C=O) groups excluding carboxylic acids is 3. The molecule has 0 spiro atoms. The molecule has 0 aromatic rings. The predicted molar refractivity (Wildman–Crippen MR) is 292 cm³/mol. The van der Waals surface area contributed by atoms with Gasteiger partial charge in [-0.2, -0.15) is 0 Å². The molecule has 390 valence electrons. The van der Waals surface area contributed by atoms with Gasteiger partial charge in [0.2, 0.25) is 0 Å². The second-order valence-corrected chi connectivity index (χ2v) is 17.4. The van der Waals surface area contributed by atoms with Crippen molar-refractivity contribution in [2.24, 2.45) is 0 Å². The van der Waals surface area contributed by atoms with Gasteiger partial charge in [0, 0.05) is 25.9 Å². The maximum Gasteiger partial charge on any atom is 0.407 e. The van der Waals surface area contributed by atoms with E-state index in [4.69, 9.17) is 18.9 Å². The summed E-state index contributed by atoms with van der Waals surface area (Å²) in [6.45, 7) is 7.48. The van der Waals surface area contributed by atoms with Gasteiger partial charge in [-0.3, -0.25) is 9.59 Å². The average Bonchev–Trinajstić information content (AvgIpc) is 3.33. The number of nitrogens with one attached hydrogen (secondary N) is 1. The fourth-order valence-corrected chi connectivity index (χ4v) is 6.67. The quantitative estimate of drug-likeness (QED) is 0.0278. The number of amides is 1. The normalized spacial score (nSPS) is 12.7. The van der Waals surface area contributed by atoms with Gasteiger partial charge in [-0.25, -0.2) is 4.79 Å². The SMILES string of the molecule is CC/C=C\C/C=C\C/C=C\C/C=C\C/C=C\CCCC(=O)OCCCCCCC(CCCCCCOC(=O)CCC/C=C\C/C=C\C/C=C\C/C=C\C/C=C\CC)OC(=O)NCCOCCN(C)C. The highest BCUT2D eigenvalue weighted by molar-refractivity contribution is 5.69. The minimum atomic E-state index is -0.405. The van der Waals surface area contributed by atoms with Crippen LogP contribution in [0.1, 0.15) is 181 Å². The fourth-order valence-electron chi connectivity index (χ4n) is 6.67. The van der Waals surface area contributed by atoms with Crippen LogP contribution in [0.15, 0.2) is 122 Å². The Morgan fingerprint density at radius 1 is 0.435 bits per heavy atom. The fraction of sp³-hybridized carbons (Fsp3) is 0.617. The topological polar surface area (TPSA) is 103 Å². The van der Waals surface area contributed by atoms with Crippen molar-refractivity contribution in [2.45, 2.75) is 187 Å². The van der Waals surface area contributed by atoms with E-state index in [-0.39, 0.29) is 18.0 Å². The number of hydrogen-bond donors (Lipinski definition) is 1. The Balaban J connectivity index is 4.22. The Morgan fingerprint density at radius 2 is 0.797 bits per heavy atom. The van der Waals surface area contributed by atoms with E-state index in [1.54, 1.807) is 0 Å². The molecular formula is C60H98N2O7. The Bertz CT molecular complexity index is 1410. The molecule has 0 rings (SSSR count). The molecule has 1 N–H and O–H groups in total. The second-order valence-electron chi connectivity index (χ2n) is 17.4. The summed E-state index contributed by atoms with van der Waals surface area (Å²) >= 11 is 0. The van der Waals surface area contributed by atoms with Crippen molar-refractivity contribution in [2.75, 3.05) is 53.6 Å². The lowest BCUT2D eigenvalue weighted by molar-refractivity contribution is -0.144. The molecule has 69 heavy (non-hydrogen) atoms. The molecule has 0 aromatic carbocycles. The van der Waals surface area contributed by atoms with Crippen LogP contribution >= 0.6 is 0 Å². The lowest BCUT2D eigenvalue weighted by Gasteiger charge is -2.18. The second kappa shape index (κ2) is 54.5. The zero-order chi connectivity index (χ0) is 50.2. The number of unbranched alkanes of at least 4 members (excludes halogenated alkanes) is 8. The summed E-state index contributed by atoms with van der Waals surface area (Å²) in [5.41, 5.74) is 0. The van der Waals surface area contributed by atoms with E-state index in [1.807, 2.05) is 14.1 Å². The molecule has 0 aromatic heterocycles. The van der Waals surface area contributed by atoms with Gasteiger partial charge in [0.05, 0.1) is 26.4 Å². The molecule has 0 aliphatic carbocycles. The smallest absolute Gasteiger partial charge is 0.407 e. The standard InChI is InChI=1S/C60H98N2O7/c1-5-7-9-11-13-15-17-19-21-23-25-27-29-31-33-35-43-49-58(63)67-53-45-39-37-41-47-57(69-60(65)61-51-55-66-56-52-62(3)4)48-42-38-40-46-54-68-59(64)50-44-36-34-32-30-28-26-24-22-20-18-16-14-12-10-8-6-2/h7-10,13-16,19-22,25-28,31-34,57H,5-6,11-12,17-18,23-24,29-30,35-56H2,1-4H3,(H,61,65)/b9-7-,10-8-,15-13-,16-14-,21-19-,22-20-,27-25-,28-26-,33-31-,34-32-. The van der Waals surface area contributed by atoms with Crippen molar-refractivity contribution in [3.8, 4) is 0 Å². The van der Waals surface area contributed by atoms with Crippen molar-refractivity contribution >= 4 is 18.0 Å². The molecule has 1 amide bonds. The Hall–Kier alpha value is -4.47. The molecule has 0 unspecified atom stereocenters. The maximum absolute atomic E-state index is 12.6. The monoisotopic (exact) mass is 959 g/mol. The van der Waals surface area contributed by atoms with Crippen molar-refractivity contribution < 1.29 is 33.3 Å². The molecule has 9 nitrogen and oxygen atoms in total. The number of likely N-dealkylation sites (N-methyl/N-ethyl adjacent to an activating group) is 1. The summed E-state index contributed by atoms with van der Waals surface area (Å²) in [4.78, 5) is 39.1. The van der Waals surface area contributed by atoms with Crippen LogP contribution in [0.2, 0.25) is 0 Å². The molecule has 0 saturated carbocycles. The lowest BCUT2D eigenvalue weighted by Crippen LogP contribution is -2.32. The van der Waals surface area contributed by atoms with Gasteiger partial charge in [0.25, 0.3) is 0 Å². The number of alkyl carbamates (subject to hydrolysis) is 1. The molecule has 0 atom stereocenters. The van der Waals surface area contributed by atoms with Gasteiger partial charge in [-0.1, -0.05) is 161 Å². The molecule has 0 heterocycles. The first kappa shape index (κ1) is 64.5. The third-order valence-corrected chi connectivity index (χ3v) is 10.7. The first-order chi connectivity index (χ1) is 33.9. The number of esters is 2. The van der Waals surface area contributed by atoms with Crippen LogP contribution in [0.4, 0.5) is 4.79 Å². The van der Waals surface area contributed by atoms with Crippen LogP contribution in [-0.4, -0.2) is 82.6 Å². The van der Waals surface area contributed by atoms with E-state index < -0.39 is 6.09 Å². The highest BCUT2D eigenvalue weighted by Gasteiger charge is 2.14. The number of ether oxygens (including phenoxy) is 4. The number of rotatable bonds is 47. The summed E-state index contributed by atoms with van der Waals surface area (Å²) in [6, 6.07) is 0. The van der Waals surface area contributed by atoms with E-state index in [0.717, 1.165) is 161 Å². The van der Waals surface area contributed by atoms with E-state index >= 15 is 0 Å². The van der Waals surface area contributed by atoms with Gasteiger partial charge >= 0.3 is 18.0 Å². The van der Waals surface area contributed by atoms with Crippen LogP contribution < -0.4 is 5.32 Å². The molecule has 0 bridgehead atoms. The summed E-state index contributed by atoms with van der Waals surface area (Å²) in [5, 5.41) is 2.83. The van der Waals surface area contributed by atoms with Gasteiger partial charge in [0.15, 0.2) is 0 Å². The first-order valence-corrected chi connectivity index (χ1v) is 26.9. The third-order valence-electron chi connectivity index (χ3n) is 10.7. The van der Waals surface area contributed by atoms with Gasteiger partial charge in [-0.05, 0) is 143 Å². The molecular weight excluding hydrogens is 861 g/mol. The summed E-state index contributed by atoms with van der Waals surface area (Å²) in [6.07, 6.45) is 66.3. The molecule has 0 aliphatic heterocycles. The van der Waals surface area contributed by atoms with Crippen molar-refractivity contribution in [1.82, 2.24) is 10.2 Å². The number of allylic oxidation sites excluding steroid dienone is 20. The zero-order valence-corrected chi connectivity index (χ0v) is 44.1. The Kier molecular flexibility index (Phi) is 50.9. The van der Waals surface area contributed by atoms with Crippen molar-refractivity contribution in [1.29, 1.82) is 0 Å². The first-order valence-electron chi connectivity index (χ1n) is 26.9. The van der Waals surface area contributed by atoms with Crippen molar-refractivity contribution in [3.63, 3.8) is 0 Å². The van der Waals surface area contributed by atoms with Gasteiger partial charge < -0.3 is 29.2 Å². The van der Waals surface area contributed by atoms with Gasteiger partial charge in [-0.15, -0.1) is 0 Å². The van der Waals surface area contributed by atoms with Gasteiger partial charge in [0.1, 0.15) is 6.10 Å². The Labute approximate surface area is 422 Å². The number of hydrogen-bond acceptors (Lipinski definition) is 8. The number of nitrogens with zero attached hydrogens (tertiary/aromatic N) is 1. The van der Waals surface area contributed by atoms with E-state index in [2.05, 4.69) is 146 Å². The van der Waals surface area contributed by atoms with Crippen LogP contribution in [0.5, 0.6) is 0 Å². The Morgan fingerprint density at radius 3 is 1.17 bits per heavy atom. The highest BCUT2D eigenvalue weighted by Crippen LogP contribution is 2.16. The van der Waals surface area contributed by atoms with Crippen molar-refractivity contribution in [3.05, 3.63) is 122 Å². The van der Waals surface area contributed by atoms with E-state index in [0.29, 0.717) is 45.8 Å². The maximum atomic E-state index is 12.6. The molecule has 0 saturated heterocycles. The van der Waals surface area contributed by atoms with Crippen LogP contribution in [0.3, 0.4) is 0 Å².